The second-order valence-corrected chi connectivity index (χ2v) is 6.16. The molecule has 0 bridgehead atoms. The van der Waals surface area contributed by atoms with Gasteiger partial charge in [0.15, 0.2) is 0 Å². The van der Waals surface area contributed by atoms with Crippen LogP contribution in [-0.2, 0) is 9.53 Å². The first-order valence-electron chi connectivity index (χ1n) is 9.19. The first-order valence-corrected chi connectivity index (χ1v) is 9.19. The van der Waals surface area contributed by atoms with Crippen LogP contribution < -0.4 is 16.4 Å². The maximum atomic E-state index is 13.3. The lowest BCUT2D eigenvalue weighted by Gasteiger charge is -2.09. The Labute approximate surface area is 166 Å². The SMILES string of the molecule is CCOC(=O)CNc1c(-c2ccc(F)cc2)nc2cc(C(=O)NCCN)ccn12. The molecule has 152 valence electrons. The second-order valence-electron chi connectivity index (χ2n) is 6.16. The third-order valence-electron chi connectivity index (χ3n) is 4.14. The zero-order valence-electron chi connectivity index (χ0n) is 15.9. The molecule has 0 aliphatic heterocycles. The van der Waals surface area contributed by atoms with Gasteiger partial charge in [-0.2, -0.15) is 0 Å². The number of imidazole rings is 1. The molecule has 29 heavy (non-hydrogen) atoms. The zero-order valence-corrected chi connectivity index (χ0v) is 15.9. The summed E-state index contributed by atoms with van der Waals surface area (Å²) in [5, 5.41) is 5.74. The molecular formula is C20H22FN5O3. The first kappa shape index (κ1) is 20.3. The number of nitrogens with two attached hydrogens (primary N) is 1. The number of amides is 1. The number of rotatable bonds is 8. The number of carbonyl (C=O) groups is 2. The van der Waals surface area contributed by atoms with Gasteiger partial charge in [-0.15, -0.1) is 0 Å². The van der Waals surface area contributed by atoms with E-state index in [1.807, 2.05) is 0 Å². The average molecular weight is 399 g/mol. The minimum Gasteiger partial charge on any atom is -0.465 e. The van der Waals surface area contributed by atoms with Crippen molar-refractivity contribution in [2.24, 2.45) is 5.73 Å². The van der Waals surface area contributed by atoms with E-state index in [4.69, 9.17) is 10.5 Å². The Morgan fingerprint density at radius 3 is 2.69 bits per heavy atom. The molecule has 3 aromatic rings. The number of carbonyl (C=O) groups excluding carboxylic acids is 2. The van der Waals surface area contributed by atoms with E-state index in [2.05, 4.69) is 15.6 Å². The highest BCUT2D eigenvalue weighted by Crippen LogP contribution is 2.29. The van der Waals surface area contributed by atoms with E-state index in [0.717, 1.165) is 0 Å². The number of fused-ring (bicyclic) bond motifs is 1. The lowest BCUT2D eigenvalue weighted by atomic mass is 10.1. The summed E-state index contributed by atoms with van der Waals surface area (Å²) in [4.78, 5) is 28.6. The minimum atomic E-state index is -0.412. The van der Waals surface area contributed by atoms with Crippen LogP contribution >= 0.6 is 0 Å². The first-order chi connectivity index (χ1) is 14.0. The van der Waals surface area contributed by atoms with Crippen molar-refractivity contribution in [3.8, 4) is 11.3 Å². The highest BCUT2D eigenvalue weighted by Gasteiger charge is 2.17. The minimum absolute atomic E-state index is 0.0609. The van der Waals surface area contributed by atoms with E-state index in [9.17, 15) is 14.0 Å². The van der Waals surface area contributed by atoms with E-state index in [-0.39, 0.29) is 24.9 Å². The van der Waals surface area contributed by atoms with Gasteiger partial charge in [0.25, 0.3) is 5.91 Å². The summed E-state index contributed by atoms with van der Waals surface area (Å²) in [6.07, 6.45) is 1.68. The normalized spacial score (nSPS) is 10.7. The van der Waals surface area contributed by atoms with E-state index < -0.39 is 5.97 Å². The molecule has 0 unspecified atom stereocenters. The number of aromatic nitrogens is 2. The summed E-state index contributed by atoms with van der Waals surface area (Å²) >= 11 is 0. The monoisotopic (exact) mass is 399 g/mol. The van der Waals surface area contributed by atoms with Gasteiger partial charge in [0, 0.05) is 30.4 Å². The molecule has 8 nitrogen and oxygen atoms in total. The van der Waals surface area contributed by atoms with Crippen LogP contribution in [0.2, 0.25) is 0 Å². The molecule has 0 saturated carbocycles. The number of hydrogen-bond acceptors (Lipinski definition) is 6. The molecule has 0 aliphatic carbocycles. The molecule has 0 spiro atoms. The average Bonchev–Trinajstić information content (AvgIpc) is 3.09. The van der Waals surface area contributed by atoms with Crippen molar-refractivity contribution in [3.63, 3.8) is 0 Å². The highest BCUT2D eigenvalue weighted by molar-refractivity contribution is 5.95. The number of anilines is 1. The summed E-state index contributed by atoms with van der Waals surface area (Å²) in [7, 11) is 0. The fourth-order valence-corrected chi connectivity index (χ4v) is 2.82. The van der Waals surface area contributed by atoms with E-state index in [1.54, 1.807) is 41.8 Å². The van der Waals surface area contributed by atoms with Gasteiger partial charge in [-0.05, 0) is 43.3 Å². The Balaban J connectivity index is 2.01. The molecular weight excluding hydrogens is 377 g/mol. The molecule has 0 saturated heterocycles. The number of nitrogens with one attached hydrogen (secondary N) is 2. The lowest BCUT2D eigenvalue weighted by Crippen LogP contribution is -2.29. The van der Waals surface area contributed by atoms with Gasteiger partial charge in [0.1, 0.15) is 29.5 Å². The Bertz CT molecular complexity index is 1020. The van der Waals surface area contributed by atoms with Crippen molar-refractivity contribution in [2.45, 2.75) is 6.92 Å². The molecule has 0 aliphatic rings. The van der Waals surface area contributed by atoms with Crippen molar-refractivity contribution < 1.29 is 18.7 Å². The number of benzene rings is 1. The number of pyridine rings is 1. The molecule has 0 fully saturated rings. The summed E-state index contributed by atoms with van der Waals surface area (Å²) in [6.45, 7) is 2.65. The highest BCUT2D eigenvalue weighted by atomic mass is 19.1. The van der Waals surface area contributed by atoms with Crippen LogP contribution in [0.15, 0.2) is 42.6 Å². The standard InChI is InChI=1S/C20H22FN5O3/c1-2-29-17(27)12-24-19-18(13-3-5-15(21)6-4-13)25-16-11-14(7-10-26(16)19)20(28)23-9-8-22/h3-7,10-11,24H,2,8-9,12,22H2,1H3,(H,23,28). The summed E-state index contributed by atoms with van der Waals surface area (Å²) in [5.41, 5.74) is 7.53. The van der Waals surface area contributed by atoms with Gasteiger partial charge in [0.05, 0.1) is 6.61 Å². The van der Waals surface area contributed by atoms with Crippen LogP contribution in [0.4, 0.5) is 10.2 Å². The Morgan fingerprint density at radius 2 is 2.00 bits per heavy atom. The van der Waals surface area contributed by atoms with Crippen LogP contribution in [0.5, 0.6) is 0 Å². The number of halogens is 1. The predicted molar refractivity (Wildman–Crippen MR) is 107 cm³/mol. The second kappa shape index (κ2) is 9.16. The van der Waals surface area contributed by atoms with Crippen molar-refractivity contribution in [1.29, 1.82) is 0 Å². The maximum absolute atomic E-state index is 13.3. The van der Waals surface area contributed by atoms with Crippen LogP contribution in [0.3, 0.4) is 0 Å². The lowest BCUT2D eigenvalue weighted by molar-refractivity contribution is -0.140. The van der Waals surface area contributed by atoms with E-state index >= 15 is 0 Å². The van der Waals surface area contributed by atoms with Gasteiger partial charge < -0.3 is 21.1 Å². The van der Waals surface area contributed by atoms with Crippen molar-refractivity contribution in [1.82, 2.24) is 14.7 Å². The maximum Gasteiger partial charge on any atom is 0.325 e. The van der Waals surface area contributed by atoms with Crippen LogP contribution in [-0.4, -0.2) is 47.5 Å². The molecule has 2 heterocycles. The molecule has 9 heteroatoms. The topological polar surface area (TPSA) is 111 Å². The molecule has 1 aromatic carbocycles. The summed E-state index contributed by atoms with van der Waals surface area (Å²) in [5.74, 6) is -0.499. The zero-order chi connectivity index (χ0) is 20.8. The van der Waals surface area contributed by atoms with Gasteiger partial charge >= 0.3 is 5.97 Å². The summed E-state index contributed by atoms with van der Waals surface area (Å²) in [6, 6.07) is 9.14. The number of hydrogen-bond donors (Lipinski definition) is 3. The molecule has 1 amide bonds. The number of ether oxygens (including phenoxy) is 1. The van der Waals surface area contributed by atoms with E-state index in [1.165, 1.54) is 12.1 Å². The van der Waals surface area contributed by atoms with Crippen molar-refractivity contribution >= 4 is 23.3 Å². The van der Waals surface area contributed by atoms with Crippen LogP contribution in [0, 0.1) is 5.82 Å². The molecule has 0 radical (unpaired) electrons. The molecule has 0 atom stereocenters. The van der Waals surface area contributed by atoms with Gasteiger partial charge in [-0.3, -0.25) is 14.0 Å². The third kappa shape index (κ3) is 4.69. The van der Waals surface area contributed by atoms with Gasteiger partial charge in [-0.1, -0.05) is 0 Å². The third-order valence-corrected chi connectivity index (χ3v) is 4.14. The van der Waals surface area contributed by atoms with Crippen LogP contribution in [0.25, 0.3) is 16.9 Å². The fourth-order valence-electron chi connectivity index (χ4n) is 2.82. The fraction of sp³-hybridized carbons (Fsp3) is 0.250. The Kier molecular flexibility index (Phi) is 6.40. The Morgan fingerprint density at radius 1 is 1.24 bits per heavy atom. The predicted octanol–water partition coefficient (Wildman–Crippen LogP) is 1.80. The number of nitrogens with zero attached hydrogens (tertiary/aromatic N) is 2. The molecule has 2 aromatic heterocycles. The smallest absolute Gasteiger partial charge is 0.325 e. The van der Waals surface area contributed by atoms with Crippen molar-refractivity contribution in [3.05, 3.63) is 54.0 Å². The van der Waals surface area contributed by atoms with Gasteiger partial charge in [-0.25, -0.2) is 9.37 Å². The Hall–Kier alpha value is -3.46. The van der Waals surface area contributed by atoms with Crippen molar-refractivity contribution in [2.75, 3.05) is 31.6 Å². The van der Waals surface area contributed by atoms with Gasteiger partial charge in [0.2, 0.25) is 0 Å². The molecule has 3 rings (SSSR count). The molecule has 4 N–H and O–H groups in total. The summed E-state index contributed by atoms with van der Waals surface area (Å²) < 4.78 is 20.0. The quantitative estimate of drug-likeness (QED) is 0.498. The largest absolute Gasteiger partial charge is 0.465 e. The number of esters is 1. The van der Waals surface area contributed by atoms with E-state index in [0.29, 0.717) is 41.4 Å². The van der Waals surface area contributed by atoms with Crippen LogP contribution in [0.1, 0.15) is 17.3 Å².